The molecule has 4 nitrogen and oxygen atoms in total. The van der Waals surface area contributed by atoms with E-state index < -0.39 is 0 Å². The van der Waals surface area contributed by atoms with Crippen molar-refractivity contribution in [3.63, 3.8) is 0 Å². The molecule has 2 N–H and O–H groups in total. The molecule has 1 heterocycles. The Labute approximate surface area is 118 Å². The van der Waals surface area contributed by atoms with Crippen molar-refractivity contribution in [3.05, 3.63) is 0 Å². The summed E-state index contributed by atoms with van der Waals surface area (Å²) in [6, 6.07) is 0.495. The summed E-state index contributed by atoms with van der Waals surface area (Å²) in [4.78, 5) is 2.27. The van der Waals surface area contributed by atoms with Gasteiger partial charge in [0.1, 0.15) is 0 Å². The van der Waals surface area contributed by atoms with Crippen molar-refractivity contribution in [2.24, 2.45) is 5.41 Å². The molecule has 0 amide bonds. The number of hydrogen-bond donors (Lipinski definition) is 2. The monoisotopic (exact) mass is 272 g/mol. The minimum absolute atomic E-state index is 0.170. The van der Waals surface area contributed by atoms with Crippen molar-refractivity contribution in [1.82, 2.24) is 10.2 Å². The van der Waals surface area contributed by atoms with Gasteiger partial charge in [0.15, 0.2) is 0 Å². The van der Waals surface area contributed by atoms with Crippen LogP contribution in [0.25, 0.3) is 0 Å². The van der Waals surface area contributed by atoms with Crippen molar-refractivity contribution < 1.29 is 9.84 Å². The van der Waals surface area contributed by atoms with Gasteiger partial charge >= 0.3 is 0 Å². The third-order valence-electron chi connectivity index (χ3n) is 4.28. The predicted octanol–water partition coefficient (Wildman–Crippen LogP) is 1.48. The fraction of sp³-hybridized carbons (Fsp3) is 1.00. The van der Waals surface area contributed by atoms with E-state index in [1.54, 1.807) is 0 Å². The van der Waals surface area contributed by atoms with Crippen molar-refractivity contribution >= 4 is 0 Å². The molecule has 1 aliphatic heterocycles. The zero-order valence-corrected chi connectivity index (χ0v) is 13.3. The van der Waals surface area contributed by atoms with Gasteiger partial charge in [-0.1, -0.05) is 13.8 Å². The lowest BCUT2D eigenvalue weighted by Crippen LogP contribution is -2.54. The van der Waals surface area contributed by atoms with Gasteiger partial charge in [-0.15, -0.1) is 0 Å². The number of aliphatic hydroxyl groups excluding tert-OH is 1. The molecule has 1 saturated heterocycles. The number of aliphatic hydroxyl groups is 1. The average Bonchev–Trinajstić information content (AvgIpc) is 2.37. The Bertz CT molecular complexity index is 261. The molecule has 4 heteroatoms. The molecule has 0 bridgehead atoms. The van der Waals surface area contributed by atoms with E-state index >= 15 is 0 Å². The highest BCUT2D eigenvalue weighted by Crippen LogP contribution is 2.31. The maximum absolute atomic E-state index is 9.51. The molecular weight excluding hydrogens is 240 g/mol. The number of rotatable bonds is 7. The van der Waals surface area contributed by atoms with E-state index in [1.165, 1.54) is 6.42 Å². The topological polar surface area (TPSA) is 44.7 Å². The first-order valence-electron chi connectivity index (χ1n) is 7.45. The minimum atomic E-state index is -0.178. The molecule has 0 radical (unpaired) electrons. The van der Waals surface area contributed by atoms with Crippen molar-refractivity contribution in [3.8, 4) is 0 Å². The van der Waals surface area contributed by atoms with E-state index in [0.29, 0.717) is 6.04 Å². The SMILES string of the molecule is CC(C)NCC1(CN(C)C(C)(C)CO)CCCOC1. The molecule has 1 atom stereocenters. The lowest BCUT2D eigenvalue weighted by molar-refractivity contribution is -0.0443. The van der Waals surface area contributed by atoms with Crippen molar-refractivity contribution in [1.29, 1.82) is 0 Å². The molecule has 114 valence electrons. The van der Waals surface area contributed by atoms with Gasteiger partial charge in [-0.3, -0.25) is 4.90 Å². The average molecular weight is 272 g/mol. The molecule has 1 unspecified atom stereocenters. The molecule has 19 heavy (non-hydrogen) atoms. The summed E-state index contributed by atoms with van der Waals surface area (Å²) in [6.07, 6.45) is 2.33. The second-order valence-electron chi connectivity index (χ2n) is 7.02. The van der Waals surface area contributed by atoms with Crippen molar-refractivity contribution in [2.45, 2.75) is 52.1 Å². The van der Waals surface area contributed by atoms with Crippen LogP contribution in [0, 0.1) is 5.41 Å². The molecule has 0 aromatic carbocycles. The molecular formula is C15H32N2O2. The van der Waals surface area contributed by atoms with Crippen molar-refractivity contribution in [2.75, 3.05) is 40.0 Å². The fourth-order valence-electron chi connectivity index (χ4n) is 2.49. The highest BCUT2D eigenvalue weighted by Gasteiger charge is 2.37. The molecule has 0 saturated carbocycles. The maximum Gasteiger partial charge on any atom is 0.0609 e. The lowest BCUT2D eigenvalue weighted by atomic mass is 9.80. The van der Waals surface area contributed by atoms with Gasteiger partial charge in [0.25, 0.3) is 0 Å². The molecule has 0 spiro atoms. The zero-order valence-electron chi connectivity index (χ0n) is 13.3. The summed E-state index contributed by atoms with van der Waals surface area (Å²) in [5.74, 6) is 0. The smallest absolute Gasteiger partial charge is 0.0609 e. The summed E-state index contributed by atoms with van der Waals surface area (Å²) in [5, 5.41) is 13.1. The summed E-state index contributed by atoms with van der Waals surface area (Å²) in [5.41, 5.74) is -0.00795. The van der Waals surface area contributed by atoms with Crippen LogP contribution in [0.15, 0.2) is 0 Å². The predicted molar refractivity (Wildman–Crippen MR) is 79.4 cm³/mol. The molecule has 1 rings (SSSR count). The van der Waals surface area contributed by atoms with Gasteiger partial charge in [0.2, 0.25) is 0 Å². The van der Waals surface area contributed by atoms with E-state index in [9.17, 15) is 5.11 Å². The van der Waals surface area contributed by atoms with Gasteiger partial charge in [0.05, 0.1) is 13.2 Å². The van der Waals surface area contributed by atoms with Crippen LogP contribution in [-0.4, -0.2) is 61.5 Å². The number of nitrogens with one attached hydrogen (secondary N) is 1. The first-order chi connectivity index (χ1) is 8.81. The molecule has 1 aliphatic rings. The van der Waals surface area contributed by atoms with E-state index in [-0.39, 0.29) is 17.6 Å². The first kappa shape index (κ1) is 16.9. The van der Waals surface area contributed by atoms with Gasteiger partial charge < -0.3 is 15.2 Å². The summed E-state index contributed by atoms with van der Waals surface area (Å²) in [7, 11) is 2.10. The van der Waals surface area contributed by atoms with Crippen LogP contribution in [0.3, 0.4) is 0 Å². The van der Waals surface area contributed by atoms with Crippen LogP contribution in [0.2, 0.25) is 0 Å². The molecule has 0 aromatic rings. The third-order valence-corrected chi connectivity index (χ3v) is 4.28. The first-order valence-corrected chi connectivity index (χ1v) is 7.45. The lowest BCUT2D eigenvalue weighted by Gasteiger charge is -2.44. The number of hydrogen-bond acceptors (Lipinski definition) is 4. The summed E-state index contributed by atoms with van der Waals surface area (Å²) < 4.78 is 5.74. The largest absolute Gasteiger partial charge is 0.394 e. The summed E-state index contributed by atoms with van der Waals surface area (Å²) >= 11 is 0. The van der Waals surface area contributed by atoms with E-state index in [1.807, 2.05) is 0 Å². The normalized spacial score (nSPS) is 25.3. The Balaban J connectivity index is 2.68. The molecule has 0 aromatic heterocycles. The standard InChI is InChI=1S/C15H32N2O2/c1-13(2)16-9-15(7-6-8-19-12-15)10-17(5)14(3,4)11-18/h13,16,18H,6-12H2,1-5H3. The Hall–Kier alpha value is -0.160. The maximum atomic E-state index is 9.51. The second-order valence-corrected chi connectivity index (χ2v) is 7.02. The van der Waals surface area contributed by atoms with Gasteiger partial charge in [0, 0.05) is 36.7 Å². The minimum Gasteiger partial charge on any atom is -0.394 e. The quantitative estimate of drug-likeness (QED) is 0.737. The third kappa shape index (κ3) is 5.03. The van der Waals surface area contributed by atoms with E-state index in [2.05, 4.69) is 45.0 Å². The Morgan fingerprint density at radius 3 is 2.58 bits per heavy atom. The Morgan fingerprint density at radius 1 is 1.42 bits per heavy atom. The Morgan fingerprint density at radius 2 is 2.11 bits per heavy atom. The van der Waals surface area contributed by atoms with Crippen LogP contribution in [0.1, 0.15) is 40.5 Å². The molecule has 0 aliphatic carbocycles. The van der Waals surface area contributed by atoms with Crippen LogP contribution >= 0.6 is 0 Å². The van der Waals surface area contributed by atoms with E-state index in [0.717, 1.165) is 32.7 Å². The zero-order chi connectivity index (χ0) is 14.5. The highest BCUT2D eigenvalue weighted by atomic mass is 16.5. The number of nitrogens with zero attached hydrogens (tertiary/aromatic N) is 1. The highest BCUT2D eigenvalue weighted by molar-refractivity contribution is 4.91. The second kappa shape index (κ2) is 7.02. The van der Waals surface area contributed by atoms with Crippen LogP contribution in [0.5, 0.6) is 0 Å². The van der Waals surface area contributed by atoms with Crippen LogP contribution < -0.4 is 5.32 Å². The number of likely N-dealkylation sites (N-methyl/N-ethyl adjacent to an activating group) is 1. The fourth-order valence-corrected chi connectivity index (χ4v) is 2.49. The molecule has 1 fully saturated rings. The summed E-state index contributed by atoms with van der Waals surface area (Å²) in [6.45, 7) is 12.3. The van der Waals surface area contributed by atoms with Crippen LogP contribution in [0.4, 0.5) is 0 Å². The van der Waals surface area contributed by atoms with E-state index in [4.69, 9.17) is 4.74 Å². The van der Waals surface area contributed by atoms with Crippen LogP contribution in [-0.2, 0) is 4.74 Å². The van der Waals surface area contributed by atoms with Gasteiger partial charge in [-0.05, 0) is 33.7 Å². The Kier molecular flexibility index (Phi) is 6.24. The van der Waals surface area contributed by atoms with Gasteiger partial charge in [-0.25, -0.2) is 0 Å². The number of ether oxygens (including phenoxy) is 1. The van der Waals surface area contributed by atoms with Gasteiger partial charge in [-0.2, -0.15) is 0 Å².